The van der Waals surface area contributed by atoms with E-state index in [0.717, 1.165) is 30.7 Å². The highest BCUT2D eigenvalue weighted by Crippen LogP contribution is 2.29. The van der Waals surface area contributed by atoms with Gasteiger partial charge in [0.1, 0.15) is 5.82 Å². The van der Waals surface area contributed by atoms with Crippen LogP contribution in [0.25, 0.3) is 11.0 Å². The van der Waals surface area contributed by atoms with Crippen molar-refractivity contribution >= 4 is 22.6 Å². The average molecular weight is 285 g/mol. The fourth-order valence-corrected chi connectivity index (χ4v) is 2.32. The van der Waals surface area contributed by atoms with Crippen molar-refractivity contribution in [3.8, 4) is 5.75 Å². The van der Waals surface area contributed by atoms with Crippen LogP contribution in [0.2, 0.25) is 0 Å². The summed E-state index contributed by atoms with van der Waals surface area (Å²) in [6.07, 6.45) is 2.11. The van der Waals surface area contributed by atoms with Crippen LogP contribution in [-0.2, 0) is 6.54 Å². The summed E-state index contributed by atoms with van der Waals surface area (Å²) in [7, 11) is 1.46. The number of benzene rings is 1. The number of alkyl halides is 1. The molecule has 0 amide bonds. The Hall–Kier alpha value is -1.29. The van der Waals surface area contributed by atoms with Crippen LogP contribution in [0.15, 0.2) is 12.1 Å². The third kappa shape index (κ3) is 2.68. The maximum Gasteiger partial charge on any atom is 0.167 e. The Labute approximate surface area is 117 Å². The molecule has 1 atom stereocenters. The Balaban J connectivity index is 2.61. The van der Waals surface area contributed by atoms with Crippen LogP contribution >= 0.6 is 11.6 Å². The highest BCUT2D eigenvalue weighted by atomic mass is 35.5. The van der Waals surface area contributed by atoms with Crippen molar-refractivity contribution in [1.29, 1.82) is 0 Å². The van der Waals surface area contributed by atoms with Gasteiger partial charge < -0.3 is 9.30 Å². The molecule has 2 aromatic rings. The highest BCUT2D eigenvalue weighted by molar-refractivity contribution is 6.20. The number of hydrogen-bond acceptors (Lipinski definition) is 2. The summed E-state index contributed by atoms with van der Waals surface area (Å²) in [5.41, 5.74) is 1.49. The van der Waals surface area contributed by atoms with Gasteiger partial charge in [0.15, 0.2) is 11.6 Å². The predicted octanol–water partition coefficient (Wildman–Crippen LogP) is 4.28. The Morgan fingerprint density at radius 3 is 2.79 bits per heavy atom. The zero-order valence-corrected chi connectivity index (χ0v) is 12.2. The summed E-state index contributed by atoms with van der Waals surface area (Å²) in [4.78, 5) is 4.44. The number of methoxy groups -OCH3 is 1. The number of hydrogen-bond donors (Lipinski definition) is 0. The van der Waals surface area contributed by atoms with Gasteiger partial charge in [0.2, 0.25) is 0 Å². The van der Waals surface area contributed by atoms with Crippen molar-refractivity contribution in [3.05, 3.63) is 23.8 Å². The lowest BCUT2D eigenvalue weighted by Crippen LogP contribution is -2.04. The van der Waals surface area contributed by atoms with Crippen LogP contribution in [0.1, 0.15) is 37.9 Å². The molecule has 104 valence electrons. The van der Waals surface area contributed by atoms with Crippen LogP contribution in [0, 0.1) is 5.82 Å². The smallest absolute Gasteiger partial charge is 0.167 e. The minimum Gasteiger partial charge on any atom is -0.494 e. The van der Waals surface area contributed by atoms with Gasteiger partial charge in [-0.1, -0.05) is 13.3 Å². The molecule has 1 unspecified atom stereocenters. The average Bonchev–Trinajstić information content (AvgIpc) is 2.73. The van der Waals surface area contributed by atoms with Gasteiger partial charge in [-0.3, -0.25) is 0 Å². The Morgan fingerprint density at radius 2 is 2.21 bits per heavy atom. The van der Waals surface area contributed by atoms with Gasteiger partial charge in [0.25, 0.3) is 0 Å². The number of ether oxygens (including phenoxy) is 1. The first-order chi connectivity index (χ1) is 9.08. The number of rotatable bonds is 5. The molecule has 0 saturated carbocycles. The van der Waals surface area contributed by atoms with E-state index >= 15 is 0 Å². The molecule has 0 aliphatic rings. The summed E-state index contributed by atoms with van der Waals surface area (Å²) in [6.45, 7) is 4.83. The lowest BCUT2D eigenvalue weighted by Gasteiger charge is -2.10. The molecule has 0 bridgehead atoms. The number of halogens is 2. The molecule has 0 radical (unpaired) electrons. The first-order valence-corrected chi connectivity index (χ1v) is 6.89. The summed E-state index contributed by atoms with van der Waals surface area (Å²) >= 11 is 6.16. The Morgan fingerprint density at radius 1 is 1.47 bits per heavy atom. The van der Waals surface area contributed by atoms with Crippen LogP contribution < -0.4 is 4.74 Å². The van der Waals surface area contributed by atoms with Crippen LogP contribution in [0.3, 0.4) is 0 Å². The van der Waals surface area contributed by atoms with Crippen molar-refractivity contribution in [2.75, 3.05) is 7.11 Å². The second-order valence-corrected chi connectivity index (χ2v) is 5.22. The molecule has 2 rings (SSSR count). The number of aromatic nitrogens is 2. The maximum absolute atomic E-state index is 13.7. The van der Waals surface area contributed by atoms with Crippen molar-refractivity contribution in [2.24, 2.45) is 0 Å². The number of imidazole rings is 1. The minimum atomic E-state index is -0.399. The Kier molecular flexibility index (Phi) is 4.30. The van der Waals surface area contributed by atoms with Crippen LogP contribution in [0.4, 0.5) is 4.39 Å². The van der Waals surface area contributed by atoms with E-state index in [-0.39, 0.29) is 11.1 Å². The molecule has 1 heterocycles. The molecule has 0 saturated heterocycles. The fourth-order valence-electron chi connectivity index (χ4n) is 2.16. The number of unbranched alkanes of at least 4 members (excludes halogenated alkanes) is 1. The number of fused-ring (bicyclic) bond motifs is 1. The van der Waals surface area contributed by atoms with Gasteiger partial charge in [0.05, 0.1) is 23.5 Å². The molecule has 0 fully saturated rings. The number of aryl methyl sites for hydroxylation is 1. The Bertz CT molecular complexity index is 580. The van der Waals surface area contributed by atoms with E-state index < -0.39 is 5.82 Å². The molecular weight excluding hydrogens is 267 g/mol. The number of nitrogens with zero attached hydrogens (tertiary/aromatic N) is 2. The van der Waals surface area contributed by atoms with Crippen molar-refractivity contribution < 1.29 is 9.13 Å². The molecule has 0 spiro atoms. The van der Waals surface area contributed by atoms with E-state index in [1.54, 1.807) is 6.07 Å². The molecule has 0 aliphatic carbocycles. The fraction of sp³-hybridized carbons (Fsp3) is 0.500. The molecule has 0 N–H and O–H groups in total. The minimum absolute atomic E-state index is 0.210. The normalized spacial score (nSPS) is 12.9. The summed E-state index contributed by atoms with van der Waals surface area (Å²) in [5, 5.41) is -0.210. The highest BCUT2D eigenvalue weighted by Gasteiger charge is 2.17. The molecule has 5 heteroatoms. The monoisotopic (exact) mass is 284 g/mol. The van der Waals surface area contributed by atoms with Gasteiger partial charge in [-0.25, -0.2) is 9.37 Å². The topological polar surface area (TPSA) is 27.1 Å². The van der Waals surface area contributed by atoms with E-state index in [1.807, 2.05) is 6.92 Å². The second kappa shape index (κ2) is 5.78. The van der Waals surface area contributed by atoms with Crippen LogP contribution in [0.5, 0.6) is 5.75 Å². The largest absolute Gasteiger partial charge is 0.494 e. The third-order valence-corrected chi connectivity index (χ3v) is 3.34. The van der Waals surface area contributed by atoms with E-state index in [1.165, 1.54) is 13.2 Å². The maximum atomic E-state index is 13.7. The van der Waals surface area contributed by atoms with Gasteiger partial charge in [0, 0.05) is 18.7 Å². The summed E-state index contributed by atoms with van der Waals surface area (Å²) in [5.74, 6) is 0.612. The molecule has 3 nitrogen and oxygen atoms in total. The van der Waals surface area contributed by atoms with E-state index in [9.17, 15) is 4.39 Å². The van der Waals surface area contributed by atoms with Gasteiger partial charge in [-0.05, 0) is 13.3 Å². The molecule has 1 aromatic carbocycles. The van der Waals surface area contributed by atoms with Gasteiger partial charge in [-0.15, -0.1) is 11.6 Å². The van der Waals surface area contributed by atoms with Crippen molar-refractivity contribution in [1.82, 2.24) is 9.55 Å². The van der Waals surface area contributed by atoms with E-state index in [2.05, 4.69) is 16.5 Å². The third-order valence-electron chi connectivity index (χ3n) is 3.14. The van der Waals surface area contributed by atoms with E-state index in [4.69, 9.17) is 16.3 Å². The second-order valence-electron chi connectivity index (χ2n) is 4.57. The van der Waals surface area contributed by atoms with Gasteiger partial charge in [-0.2, -0.15) is 0 Å². The van der Waals surface area contributed by atoms with Crippen molar-refractivity contribution in [2.45, 2.75) is 38.6 Å². The van der Waals surface area contributed by atoms with Crippen LogP contribution in [-0.4, -0.2) is 16.7 Å². The SMILES string of the molecule is CCCCn1c(C(C)Cl)nc2cc(F)c(OC)cc21. The lowest BCUT2D eigenvalue weighted by molar-refractivity contribution is 0.387. The zero-order valence-electron chi connectivity index (χ0n) is 11.4. The van der Waals surface area contributed by atoms with E-state index in [0.29, 0.717) is 5.52 Å². The van der Waals surface area contributed by atoms with Gasteiger partial charge >= 0.3 is 0 Å². The lowest BCUT2D eigenvalue weighted by atomic mass is 10.2. The molecular formula is C14H18ClFN2O. The predicted molar refractivity (Wildman–Crippen MR) is 75.4 cm³/mol. The summed E-state index contributed by atoms with van der Waals surface area (Å²) < 4.78 is 20.8. The first-order valence-electron chi connectivity index (χ1n) is 6.46. The van der Waals surface area contributed by atoms with Crippen molar-refractivity contribution in [3.63, 3.8) is 0 Å². The first kappa shape index (κ1) is 14.1. The molecule has 19 heavy (non-hydrogen) atoms. The molecule has 1 aromatic heterocycles. The standard InChI is InChI=1S/C14H18ClFN2O/c1-4-5-6-18-12-8-13(19-3)10(16)7-11(12)17-14(18)9(2)15/h7-9H,4-6H2,1-3H3. The molecule has 0 aliphatic heterocycles. The quantitative estimate of drug-likeness (QED) is 0.766. The zero-order chi connectivity index (χ0) is 14.0. The summed E-state index contributed by atoms with van der Waals surface area (Å²) in [6, 6.07) is 3.09.